The number of piperidine rings is 1. The van der Waals surface area contributed by atoms with Gasteiger partial charge in [-0.25, -0.2) is 4.98 Å². The number of rotatable bonds is 5. The van der Waals surface area contributed by atoms with E-state index in [9.17, 15) is 0 Å². The Kier molecular flexibility index (Phi) is 5.03. The van der Waals surface area contributed by atoms with Crippen LogP contribution < -0.4 is 5.32 Å². The summed E-state index contributed by atoms with van der Waals surface area (Å²) in [6.07, 6.45) is 5.84. The summed E-state index contributed by atoms with van der Waals surface area (Å²) in [6.45, 7) is 5.96. The number of hydrogen-bond donors (Lipinski definition) is 1. The molecular formula is C16H23N3S2. The van der Waals surface area contributed by atoms with Crippen molar-refractivity contribution in [2.24, 2.45) is 0 Å². The smallest absolute Gasteiger partial charge is 0.150 e. The maximum Gasteiger partial charge on any atom is 0.150 e. The second-order valence-corrected chi connectivity index (χ2v) is 7.71. The molecule has 0 aliphatic carbocycles. The van der Waals surface area contributed by atoms with Crippen molar-refractivity contribution in [3.05, 3.63) is 18.2 Å². The first-order chi connectivity index (χ1) is 10.3. The highest BCUT2D eigenvalue weighted by Gasteiger charge is 2.18. The van der Waals surface area contributed by atoms with Crippen LogP contribution in [0.4, 0.5) is 5.69 Å². The van der Waals surface area contributed by atoms with Gasteiger partial charge in [-0.2, -0.15) is 0 Å². The van der Waals surface area contributed by atoms with E-state index in [1.807, 2.05) is 0 Å². The fraction of sp³-hybridized carbons (Fsp3) is 0.562. The van der Waals surface area contributed by atoms with Crippen molar-refractivity contribution in [2.75, 3.05) is 31.2 Å². The average Bonchev–Trinajstić information content (AvgIpc) is 2.92. The molecule has 1 aliphatic rings. The van der Waals surface area contributed by atoms with Gasteiger partial charge in [0.15, 0.2) is 4.34 Å². The Morgan fingerprint density at radius 2 is 2.19 bits per heavy atom. The number of nitrogens with one attached hydrogen (secondary N) is 1. The summed E-state index contributed by atoms with van der Waals surface area (Å²) in [7, 11) is 0. The van der Waals surface area contributed by atoms with Crippen LogP contribution in [0.15, 0.2) is 22.5 Å². The maximum atomic E-state index is 4.60. The Hall–Kier alpha value is -0.780. The second-order valence-electron chi connectivity index (χ2n) is 5.63. The number of thioether (sulfide) groups is 1. The minimum Gasteiger partial charge on any atom is -0.382 e. The van der Waals surface area contributed by atoms with Gasteiger partial charge in [-0.1, -0.05) is 18.7 Å². The summed E-state index contributed by atoms with van der Waals surface area (Å²) in [5.74, 6) is 0. The predicted molar refractivity (Wildman–Crippen MR) is 94.8 cm³/mol. The monoisotopic (exact) mass is 321 g/mol. The Morgan fingerprint density at radius 3 is 2.90 bits per heavy atom. The first-order valence-corrected chi connectivity index (χ1v) is 9.76. The van der Waals surface area contributed by atoms with Gasteiger partial charge in [0.05, 0.1) is 10.2 Å². The summed E-state index contributed by atoms with van der Waals surface area (Å²) < 4.78 is 2.43. The maximum absolute atomic E-state index is 4.60. The first-order valence-electron chi connectivity index (χ1n) is 7.72. The van der Waals surface area contributed by atoms with Crippen molar-refractivity contribution in [3.8, 4) is 0 Å². The summed E-state index contributed by atoms with van der Waals surface area (Å²) in [6, 6.07) is 7.18. The molecule has 3 nitrogen and oxygen atoms in total. The summed E-state index contributed by atoms with van der Waals surface area (Å²) in [5.41, 5.74) is 2.36. The molecule has 1 fully saturated rings. The van der Waals surface area contributed by atoms with E-state index in [2.05, 4.69) is 46.6 Å². The van der Waals surface area contributed by atoms with Gasteiger partial charge in [-0.3, -0.25) is 0 Å². The number of nitrogens with zero attached hydrogens (tertiary/aromatic N) is 2. The van der Waals surface area contributed by atoms with Gasteiger partial charge >= 0.3 is 0 Å². The molecule has 0 atom stereocenters. The third kappa shape index (κ3) is 3.71. The van der Waals surface area contributed by atoms with Crippen LogP contribution in [0.5, 0.6) is 0 Å². The molecule has 0 radical (unpaired) electrons. The molecule has 21 heavy (non-hydrogen) atoms. The molecule has 0 saturated carbocycles. The zero-order valence-corrected chi connectivity index (χ0v) is 14.4. The minimum absolute atomic E-state index is 0.614. The Bertz CT molecular complexity index is 588. The van der Waals surface area contributed by atoms with Crippen LogP contribution in [0.25, 0.3) is 10.2 Å². The molecular weight excluding hydrogens is 298 g/mol. The molecule has 1 aromatic carbocycles. The molecule has 1 aromatic heterocycles. The quantitative estimate of drug-likeness (QED) is 0.831. The second kappa shape index (κ2) is 6.99. The van der Waals surface area contributed by atoms with E-state index < -0.39 is 0 Å². The van der Waals surface area contributed by atoms with E-state index in [0.29, 0.717) is 6.04 Å². The summed E-state index contributed by atoms with van der Waals surface area (Å²) in [4.78, 5) is 7.18. The van der Waals surface area contributed by atoms with Crippen molar-refractivity contribution < 1.29 is 0 Å². The lowest BCUT2D eigenvalue weighted by molar-refractivity contribution is 0.219. The zero-order chi connectivity index (χ0) is 14.7. The standard InChI is InChI=1S/C16H23N3S2/c1-3-8-19-9-6-12(7-10-19)17-13-4-5-14-15(11-13)21-16(18-14)20-2/h4-5,11-12,17H,3,6-10H2,1-2H3. The normalized spacial score (nSPS) is 17.4. The Balaban J connectivity index is 1.62. The molecule has 0 spiro atoms. The summed E-state index contributed by atoms with van der Waals surface area (Å²) >= 11 is 3.51. The SMILES string of the molecule is CCCN1CCC(Nc2ccc3nc(SC)sc3c2)CC1. The van der Waals surface area contributed by atoms with Crippen LogP contribution in [0.3, 0.4) is 0 Å². The van der Waals surface area contributed by atoms with Gasteiger partial charge < -0.3 is 10.2 Å². The first kappa shape index (κ1) is 15.1. The van der Waals surface area contributed by atoms with Gasteiger partial charge in [0.25, 0.3) is 0 Å². The third-order valence-electron chi connectivity index (χ3n) is 4.04. The van der Waals surface area contributed by atoms with Crippen LogP contribution in [-0.2, 0) is 0 Å². The van der Waals surface area contributed by atoms with Gasteiger partial charge in [0, 0.05) is 24.8 Å². The molecule has 0 bridgehead atoms. The van der Waals surface area contributed by atoms with Crippen LogP contribution in [0.1, 0.15) is 26.2 Å². The van der Waals surface area contributed by atoms with Crippen molar-refractivity contribution in [3.63, 3.8) is 0 Å². The van der Waals surface area contributed by atoms with Crippen molar-refractivity contribution in [2.45, 2.75) is 36.6 Å². The fourth-order valence-corrected chi connectivity index (χ4v) is 4.46. The van der Waals surface area contributed by atoms with Crippen LogP contribution in [0.2, 0.25) is 0 Å². The zero-order valence-electron chi connectivity index (χ0n) is 12.8. The molecule has 2 heterocycles. The molecule has 2 aromatic rings. The molecule has 114 valence electrons. The highest BCUT2D eigenvalue weighted by Crippen LogP contribution is 2.30. The number of hydrogen-bond acceptors (Lipinski definition) is 5. The number of aromatic nitrogens is 1. The number of thiazole rings is 1. The molecule has 0 unspecified atom stereocenters. The lowest BCUT2D eigenvalue weighted by Gasteiger charge is -2.32. The topological polar surface area (TPSA) is 28.2 Å². The van der Waals surface area contributed by atoms with Crippen LogP contribution in [-0.4, -0.2) is 41.8 Å². The molecule has 1 aliphatic heterocycles. The van der Waals surface area contributed by atoms with Gasteiger partial charge in [-0.15, -0.1) is 11.3 Å². The fourth-order valence-electron chi connectivity index (χ4n) is 2.93. The van der Waals surface area contributed by atoms with E-state index in [1.165, 1.54) is 49.3 Å². The Morgan fingerprint density at radius 1 is 1.38 bits per heavy atom. The third-order valence-corrected chi connectivity index (χ3v) is 6.04. The minimum atomic E-state index is 0.614. The Labute approximate surface area is 135 Å². The van der Waals surface area contributed by atoms with E-state index in [4.69, 9.17) is 0 Å². The highest BCUT2D eigenvalue weighted by atomic mass is 32.2. The molecule has 1 saturated heterocycles. The number of fused-ring (bicyclic) bond motifs is 1. The lowest BCUT2D eigenvalue weighted by Crippen LogP contribution is -2.39. The largest absolute Gasteiger partial charge is 0.382 e. The lowest BCUT2D eigenvalue weighted by atomic mass is 10.0. The van der Waals surface area contributed by atoms with Crippen molar-refractivity contribution >= 4 is 39.0 Å². The van der Waals surface area contributed by atoms with E-state index in [0.717, 1.165) is 9.86 Å². The highest BCUT2D eigenvalue weighted by molar-refractivity contribution is 8.00. The molecule has 0 amide bonds. The number of benzene rings is 1. The van der Waals surface area contributed by atoms with Gasteiger partial charge in [0.2, 0.25) is 0 Å². The number of likely N-dealkylation sites (tertiary alicyclic amines) is 1. The van der Waals surface area contributed by atoms with Crippen LogP contribution >= 0.6 is 23.1 Å². The average molecular weight is 322 g/mol. The summed E-state index contributed by atoms with van der Waals surface area (Å²) in [5, 5.41) is 3.71. The molecule has 1 N–H and O–H groups in total. The molecule has 5 heteroatoms. The van der Waals surface area contributed by atoms with E-state index in [-0.39, 0.29) is 0 Å². The van der Waals surface area contributed by atoms with E-state index >= 15 is 0 Å². The number of anilines is 1. The van der Waals surface area contributed by atoms with Gasteiger partial charge in [-0.05, 0) is 50.3 Å². The molecule has 3 rings (SSSR count). The van der Waals surface area contributed by atoms with Crippen molar-refractivity contribution in [1.29, 1.82) is 0 Å². The van der Waals surface area contributed by atoms with Gasteiger partial charge in [0.1, 0.15) is 0 Å². The van der Waals surface area contributed by atoms with Crippen LogP contribution in [0, 0.1) is 0 Å². The predicted octanol–water partition coefficient (Wildman–Crippen LogP) is 4.30. The van der Waals surface area contributed by atoms with Crippen molar-refractivity contribution in [1.82, 2.24) is 9.88 Å². The van der Waals surface area contributed by atoms with E-state index in [1.54, 1.807) is 23.1 Å².